The van der Waals surface area contributed by atoms with Crippen LogP contribution in [-0.2, 0) is 6.18 Å². The maximum Gasteiger partial charge on any atom is 0.417 e. The molecule has 21 heavy (non-hydrogen) atoms. The van der Waals surface area contributed by atoms with Gasteiger partial charge in [0.25, 0.3) is 0 Å². The number of hydrogen-bond acceptors (Lipinski definition) is 2. The van der Waals surface area contributed by atoms with E-state index in [-0.39, 0.29) is 5.56 Å². The first kappa shape index (κ1) is 14.6. The lowest BCUT2D eigenvalue weighted by Crippen LogP contribution is -2.13. The van der Waals surface area contributed by atoms with Gasteiger partial charge in [-0.1, -0.05) is 18.2 Å². The molecule has 0 saturated carbocycles. The largest absolute Gasteiger partial charge is 0.478 e. The molecule has 106 valence electrons. The molecule has 1 N–H and O–H groups in total. The number of rotatable bonds is 2. The van der Waals surface area contributed by atoms with E-state index in [1.165, 1.54) is 18.2 Å². The molecule has 0 atom stereocenters. The molecule has 0 amide bonds. The van der Waals surface area contributed by atoms with Crippen molar-refractivity contribution in [3.63, 3.8) is 0 Å². The van der Waals surface area contributed by atoms with E-state index < -0.39 is 23.3 Å². The monoisotopic (exact) mass is 291 g/mol. The summed E-state index contributed by atoms with van der Waals surface area (Å²) in [5, 5.41) is 17.6. The van der Waals surface area contributed by atoms with Gasteiger partial charge in [0, 0.05) is 0 Å². The highest BCUT2D eigenvalue weighted by Crippen LogP contribution is 2.35. The van der Waals surface area contributed by atoms with Gasteiger partial charge in [-0.15, -0.1) is 0 Å². The highest BCUT2D eigenvalue weighted by molar-refractivity contribution is 5.90. The number of aromatic carboxylic acids is 1. The first-order valence-electron chi connectivity index (χ1n) is 5.78. The highest BCUT2D eigenvalue weighted by Gasteiger charge is 2.35. The third-order valence-corrected chi connectivity index (χ3v) is 2.88. The Morgan fingerprint density at radius 3 is 2.33 bits per heavy atom. The molecule has 0 unspecified atom stereocenters. The van der Waals surface area contributed by atoms with E-state index in [4.69, 9.17) is 10.4 Å². The second kappa shape index (κ2) is 5.29. The smallest absolute Gasteiger partial charge is 0.417 e. The number of alkyl halides is 3. The third kappa shape index (κ3) is 3.03. The molecule has 0 aromatic heterocycles. The number of carbonyl (C=O) groups is 1. The molecule has 3 nitrogen and oxygen atoms in total. The van der Waals surface area contributed by atoms with Crippen molar-refractivity contribution in [2.45, 2.75) is 6.18 Å². The van der Waals surface area contributed by atoms with Crippen LogP contribution in [0.25, 0.3) is 11.1 Å². The maximum atomic E-state index is 12.9. The fourth-order valence-corrected chi connectivity index (χ4v) is 1.91. The normalized spacial score (nSPS) is 11.0. The van der Waals surface area contributed by atoms with Crippen molar-refractivity contribution < 1.29 is 23.1 Å². The average molecular weight is 291 g/mol. The Bertz CT molecular complexity index is 745. The van der Waals surface area contributed by atoms with Crippen LogP contribution in [0.5, 0.6) is 0 Å². The van der Waals surface area contributed by atoms with Gasteiger partial charge in [-0.05, 0) is 35.4 Å². The highest BCUT2D eigenvalue weighted by atomic mass is 19.4. The average Bonchev–Trinajstić information content (AvgIpc) is 2.45. The van der Waals surface area contributed by atoms with E-state index in [2.05, 4.69) is 0 Å². The molecule has 0 radical (unpaired) electrons. The molecule has 2 aromatic carbocycles. The molecule has 0 aliphatic heterocycles. The van der Waals surface area contributed by atoms with Crippen LogP contribution < -0.4 is 0 Å². The van der Waals surface area contributed by atoms with Crippen molar-refractivity contribution in [3.05, 3.63) is 59.2 Å². The number of carboxylic acid groups (broad SMARTS) is 1. The zero-order chi connectivity index (χ0) is 15.6. The van der Waals surface area contributed by atoms with Gasteiger partial charge in [0.2, 0.25) is 0 Å². The molecule has 2 rings (SSSR count). The van der Waals surface area contributed by atoms with Gasteiger partial charge in [0.15, 0.2) is 0 Å². The minimum Gasteiger partial charge on any atom is -0.478 e. The van der Waals surface area contributed by atoms with Crippen LogP contribution in [-0.4, -0.2) is 11.1 Å². The molecule has 0 bridgehead atoms. The van der Waals surface area contributed by atoms with Gasteiger partial charge in [0.1, 0.15) is 0 Å². The minimum atomic E-state index is -4.77. The lowest BCUT2D eigenvalue weighted by Gasteiger charge is -2.12. The van der Waals surface area contributed by atoms with Crippen LogP contribution >= 0.6 is 0 Å². The number of nitrogens with zero attached hydrogens (tertiary/aromatic N) is 1. The van der Waals surface area contributed by atoms with Gasteiger partial charge < -0.3 is 5.11 Å². The second-order valence-electron chi connectivity index (χ2n) is 4.26. The third-order valence-electron chi connectivity index (χ3n) is 2.88. The summed E-state index contributed by atoms with van der Waals surface area (Å²) in [5.74, 6) is -1.64. The Morgan fingerprint density at radius 2 is 1.76 bits per heavy atom. The van der Waals surface area contributed by atoms with Crippen LogP contribution in [0.2, 0.25) is 0 Å². The molecule has 0 aliphatic carbocycles. The number of nitriles is 1. The molecular formula is C15H8F3NO2. The molecule has 0 fully saturated rings. The molecular weight excluding hydrogens is 283 g/mol. The molecule has 0 saturated heterocycles. The summed E-state index contributed by atoms with van der Waals surface area (Å²) >= 11 is 0. The molecule has 0 heterocycles. The Kier molecular flexibility index (Phi) is 3.68. The summed E-state index contributed by atoms with van der Waals surface area (Å²) in [6.45, 7) is 0. The van der Waals surface area contributed by atoms with Gasteiger partial charge in [-0.3, -0.25) is 0 Å². The van der Waals surface area contributed by atoms with E-state index in [0.717, 1.165) is 12.1 Å². The quantitative estimate of drug-likeness (QED) is 0.911. The van der Waals surface area contributed by atoms with Crippen LogP contribution in [0.3, 0.4) is 0 Å². The Labute approximate surface area is 117 Å². The summed E-state index contributed by atoms with van der Waals surface area (Å²) in [5.41, 5.74) is -1.10. The Balaban J connectivity index is 2.62. The van der Waals surface area contributed by atoms with Crippen molar-refractivity contribution in [2.24, 2.45) is 0 Å². The summed E-state index contributed by atoms with van der Waals surface area (Å²) in [6, 6.07) is 10.9. The molecule has 6 heteroatoms. The van der Waals surface area contributed by atoms with Crippen LogP contribution in [0.1, 0.15) is 21.5 Å². The van der Waals surface area contributed by atoms with E-state index in [1.807, 2.05) is 6.07 Å². The topological polar surface area (TPSA) is 61.1 Å². The minimum absolute atomic E-state index is 0.199. The summed E-state index contributed by atoms with van der Waals surface area (Å²) in [6.07, 6.45) is -4.77. The number of benzene rings is 2. The van der Waals surface area contributed by atoms with Crippen molar-refractivity contribution in [1.82, 2.24) is 0 Å². The van der Waals surface area contributed by atoms with E-state index in [9.17, 15) is 18.0 Å². The standard InChI is InChI=1S/C15H8F3NO2/c16-15(17,18)13-7-11(4-5-12(13)14(20)21)10-3-1-2-9(6-10)8-19/h1-7H,(H,20,21). The number of hydrogen-bond donors (Lipinski definition) is 1. The van der Waals surface area contributed by atoms with Crippen LogP contribution in [0.4, 0.5) is 13.2 Å². The molecule has 0 spiro atoms. The summed E-state index contributed by atoms with van der Waals surface area (Å²) in [4.78, 5) is 10.9. The second-order valence-corrected chi connectivity index (χ2v) is 4.26. The van der Waals surface area contributed by atoms with Crippen molar-refractivity contribution in [1.29, 1.82) is 5.26 Å². The number of carboxylic acids is 1. The fraction of sp³-hybridized carbons (Fsp3) is 0.0667. The van der Waals surface area contributed by atoms with Crippen molar-refractivity contribution in [2.75, 3.05) is 0 Å². The SMILES string of the molecule is N#Cc1cccc(-c2ccc(C(=O)O)c(C(F)(F)F)c2)c1. The lowest BCUT2D eigenvalue weighted by molar-refractivity contribution is -0.138. The maximum absolute atomic E-state index is 12.9. The van der Waals surface area contributed by atoms with Gasteiger partial charge in [-0.25, -0.2) is 4.79 Å². The first-order valence-corrected chi connectivity index (χ1v) is 5.78. The van der Waals surface area contributed by atoms with Crippen LogP contribution in [0, 0.1) is 11.3 Å². The van der Waals surface area contributed by atoms with E-state index in [1.54, 1.807) is 12.1 Å². The zero-order valence-electron chi connectivity index (χ0n) is 10.5. The lowest BCUT2D eigenvalue weighted by atomic mass is 9.98. The van der Waals surface area contributed by atoms with Gasteiger partial charge in [-0.2, -0.15) is 18.4 Å². The summed E-state index contributed by atoms with van der Waals surface area (Å²) < 4.78 is 38.8. The van der Waals surface area contributed by atoms with Crippen LogP contribution in [0.15, 0.2) is 42.5 Å². The van der Waals surface area contributed by atoms with E-state index in [0.29, 0.717) is 11.1 Å². The Hall–Kier alpha value is -2.81. The van der Waals surface area contributed by atoms with Crippen molar-refractivity contribution >= 4 is 5.97 Å². The predicted molar refractivity (Wildman–Crippen MR) is 68.6 cm³/mol. The molecule has 0 aliphatic rings. The fourth-order valence-electron chi connectivity index (χ4n) is 1.91. The van der Waals surface area contributed by atoms with E-state index >= 15 is 0 Å². The molecule has 2 aromatic rings. The van der Waals surface area contributed by atoms with Gasteiger partial charge in [0.05, 0.1) is 22.8 Å². The zero-order valence-corrected chi connectivity index (χ0v) is 10.5. The van der Waals surface area contributed by atoms with Gasteiger partial charge >= 0.3 is 12.1 Å². The predicted octanol–water partition coefficient (Wildman–Crippen LogP) is 3.94. The van der Waals surface area contributed by atoms with Crippen molar-refractivity contribution in [3.8, 4) is 17.2 Å². The Morgan fingerprint density at radius 1 is 1.10 bits per heavy atom. The number of halogens is 3. The summed E-state index contributed by atoms with van der Waals surface area (Å²) in [7, 11) is 0. The first-order chi connectivity index (χ1) is 9.82.